The zero-order chi connectivity index (χ0) is 12.3. The summed E-state index contributed by atoms with van der Waals surface area (Å²) in [5.41, 5.74) is 1.06. The Kier molecular flexibility index (Phi) is 4.15. The minimum Gasteiger partial charge on any atom is -0.392 e. The molecule has 0 radical (unpaired) electrons. The van der Waals surface area contributed by atoms with Gasteiger partial charge < -0.3 is 15.7 Å². The largest absolute Gasteiger partial charge is 0.392 e. The van der Waals surface area contributed by atoms with E-state index in [2.05, 4.69) is 26.6 Å². The number of nitrogens with one attached hydrogen (secondary N) is 2. The van der Waals surface area contributed by atoms with Crippen LogP contribution in [0.5, 0.6) is 0 Å². The van der Waals surface area contributed by atoms with Crippen molar-refractivity contribution in [3.63, 3.8) is 0 Å². The van der Waals surface area contributed by atoms with E-state index in [9.17, 15) is 9.90 Å². The van der Waals surface area contributed by atoms with Gasteiger partial charge in [0.15, 0.2) is 0 Å². The number of β-amino-alcohol motifs (C(OH)–C–C–N with tert-alkyl or cyclic N) is 1. The van der Waals surface area contributed by atoms with E-state index in [1.54, 1.807) is 0 Å². The van der Waals surface area contributed by atoms with Crippen LogP contribution in [0.3, 0.4) is 0 Å². The molecule has 2 rings (SSSR count). The summed E-state index contributed by atoms with van der Waals surface area (Å²) in [6, 6.07) is 7.54. The molecule has 92 valence electrons. The minimum atomic E-state index is -0.404. The second kappa shape index (κ2) is 5.62. The first-order valence-corrected chi connectivity index (χ1v) is 6.38. The van der Waals surface area contributed by atoms with E-state index in [4.69, 9.17) is 0 Å². The van der Waals surface area contributed by atoms with Gasteiger partial charge in [0.25, 0.3) is 0 Å². The fraction of sp³-hybridized carbons (Fsp3) is 0.417. The van der Waals surface area contributed by atoms with Crippen LogP contribution in [-0.4, -0.2) is 29.7 Å². The maximum Gasteiger partial charge on any atom is 0.237 e. The highest BCUT2D eigenvalue weighted by molar-refractivity contribution is 9.10. The number of carbonyl (C=O) groups is 1. The SMILES string of the molecule is O=C(NCc1ccc(Br)cc1)[C@@H]1C[C@H](O)CN1. The lowest BCUT2D eigenvalue weighted by molar-refractivity contribution is -0.123. The van der Waals surface area contributed by atoms with Crippen LogP contribution in [-0.2, 0) is 11.3 Å². The number of aliphatic hydroxyl groups is 1. The zero-order valence-electron chi connectivity index (χ0n) is 9.32. The number of halogens is 1. The Morgan fingerprint density at radius 2 is 2.18 bits per heavy atom. The monoisotopic (exact) mass is 298 g/mol. The van der Waals surface area contributed by atoms with Crippen molar-refractivity contribution in [2.75, 3.05) is 6.54 Å². The Balaban J connectivity index is 1.82. The Labute approximate surface area is 109 Å². The third-order valence-electron chi connectivity index (χ3n) is 2.80. The van der Waals surface area contributed by atoms with E-state index in [-0.39, 0.29) is 11.9 Å². The quantitative estimate of drug-likeness (QED) is 0.773. The molecule has 2 atom stereocenters. The van der Waals surface area contributed by atoms with Crippen LogP contribution >= 0.6 is 15.9 Å². The molecule has 0 spiro atoms. The highest BCUT2D eigenvalue weighted by atomic mass is 79.9. The summed E-state index contributed by atoms with van der Waals surface area (Å²) in [6.07, 6.45) is 0.0880. The molecule has 0 bridgehead atoms. The van der Waals surface area contributed by atoms with Crippen LogP contribution < -0.4 is 10.6 Å². The Morgan fingerprint density at radius 1 is 1.47 bits per heavy atom. The molecule has 0 aromatic heterocycles. The molecule has 1 heterocycles. The van der Waals surface area contributed by atoms with Gasteiger partial charge in [-0.25, -0.2) is 0 Å². The maximum atomic E-state index is 11.7. The first-order valence-electron chi connectivity index (χ1n) is 5.59. The lowest BCUT2D eigenvalue weighted by Gasteiger charge is -2.11. The van der Waals surface area contributed by atoms with Crippen LogP contribution in [0.4, 0.5) is 0 Å². The third kappa shape index (κ3) is 3.52. The fourth-order valence-electron chi connectivity index (χ4n) is 1.83. The van der Waals surface area contributed by atoms with E-state index in [0.717, 1.165) is 10.0 Å². The molecule has 0 saturated carbocycles. The molecule has 0 aliphatic carbocycles. The number of hydrogen-bond donors (Lipinski definition) is 3. The summed E-state index contributed by atoms with van der Waals surface area (Å²) >= 11 is 3.36. The molecular formula is C12H15BrN2O2. The van der Waals surface area contributed by atoms with Crippen LogP contribution in [0.15, 0.2) is 28.7 Å². The number of rotatable bonds is 3. The summed E-state index contributed by atoms with van der Waals surface area (Å²) in [4.78, 5) is 11.7. The first-order chi connectivity index (χ1) is 8.15. The highest BCUT2D eigenvalue weighted by Crippen LogP contribution is 2.11. The average Bonchev–Trinajstić information content (AvgIpc) is 2.75. The van der Waals surface area contributed by atoms with Crippen LogP contribution in [0, 0.1) is 0 Å². The van der Waals surface area contributed by atoms with Crippen LogP contribution in [0.1, 0.15) is 12.0 Å². The van der Waals surface area contributed by atoms with Gasteiger partial charge >= 0.3 is 0 Å². The van der Waals surface area contributed by atoms with Crippen molar-refractivity contribution in [1.29, 1.82) is 0 Å². The van der Waals surface area contributed by atoms with Crippen molar-refractivity contribution in [2.24, 2.45) is 0 Å². The summed E-state index contributed by atoms with van der Waals surface area (Å²) < 4.78 is 1.02. The number of hydrogen-bond acceptors (Lipinski definition) is 3. The molecule has 1 amide bonds. The molecule has 1 aliphatic rings. The molecule has 1 saturated heterocycles. The zero-order valence-corrected chi connectivity index (χ0v) is 10.9. The van der Waals surface area contributed by atoms with Gasteiger partial charge in [-0.05, 0) is 24.1 Å². The van der Waals surface area contributed by atoms with Gasteiger partial charge in [-0.15, -0.1) is 0 Å². The molecule has 17 heavy (non-hydrogen) atoms. The molecule has 1 aliphatic heterocycles. The second-order valence-corrected chi connectivity index (χ2v) is 5.11. The molecule has 1 aromatic rings. The Hall–Kier alpha value is -0.910. The van der Waals surface area contributed by atoms with E-state index in [0.29, 0.717) is 19.5 Å². The smallest absolute Gasteiger partial charge is 0.237 e. The van der Waals surface area contributed by atoms with Crippen molar-refractivity contribution in [3.8, 4) is 0 Å². The van der Waals surface area contributed by atoms with Gasteiger partial charge in [-0.1, -0.05) is 28.1 Å². The van der Waals surface area contributed by atoms with Crippen molar-refractivity contribution in [1.82, 2.24) is 10.6 Å². The van der Waals surface area contributed by atoms with Crippen molar-refractivity contribution in [2.45, 2.75) is 25.1 Å². The van der Waals surface area contributed by atoms with Crippen molar-refractivity contribution < 1.29 is 9.90 Å². The Bertz CT molecular complexity index is 394. The van der Waals surface area contributed by atoms with E-state index in [1.807, 2.05) is 24.3 Å². The number of amides is 1. The molecule has 4 nitrogen and oxygen atoms in total. The van der Waals surface area contributed by atoms with Gasteiger partial charge in [-0.3, -0.25) is 4.79 Å². The molecule has 0 unspecified atom stereocenters. The predicted molar refractivity (Wildman–Crippen MR) is 68.4 cm³/mol. The van der Waals surface area contributed by atoms with Gasteiger partial charge in [-0.2, -0.15) is 0 Å². The summed E-state index contributed by atoms with van der Waals surface area (Å²) in [7, 11) is 0. The van der Waals surface area contributed by atoms with Gasteiger partial charge in [0, 0.05) is 17.6 Å². The van der Waals surface area contributed by atoms with E-state index in [1.165, 1.54) is 0 Å². The van der Waals surface area contributed by atoms with Crippen molar-refractivity contribution >= 4 is 21.8 Å². The molecule has 1 fully saturated rings. The minimum absolute atomic E-state index is 0.0514. The summed E-state index contributed by atoms with van der Waals surface area (Å²) in [5.74, 6) is -0.0514. The number of carbonyl (C=O) groups excluding carboxylic acids is 1. The molecular weight excluding hydrogens is 284 g/mol. The van der Waals surface area contributed by atoms with Gasteiger partial charge in [0.05, 0.1) is 12.1 Å². The normalized spacial score (nSPS) is 23.6. The molecule has 5 heteroatoms. The highest BCUT2D eigenvalue weighted by Gasteiger charge is 2.27. The lowest BCUT2D eigenvalue weighted by Crippen LogP contribution is -2.39. The molecule has 1 aromatic carbocycles. The maximum absolute atomic E-state index is 11.7. The fourth-order valence-corrected chi connectivity index (χ4v) is 2.10. The van der Waals surface area contributed by atoms with E-state index >= 15 is 0 Å². The first kappa shape index (κ1) is 12.5. The third-order valence-corrected chi connectivity index (χ3v) is 3.33. The number of benzene rings is 1. The van der Waals surface area contributed by atoms with E-state index < -0.39 is 6.10 Å². The van der Waals surface area contributed by atoms with Crippen LogP contribution in [0.25, 0.3) is 0 Å². The summed E-state index contributed by atoms with van der Waals surface area (Å²) in [5, 5.41) is 15.2. The average molecular weight is 299 g/mol. The Morgan fingerprint density at radius 3 is 2.76 bits per heavy atom. The standard InChI is InChI=1S/C12H15BrN2O2/c13-9-3-1-8(2-4-9)6-15-12(17)11-5-10(16)7-14-11/h1-4,10-11,14,16H,5-7H2,(H,15,17)/t10-,11-/m0/s1. The number of aliphatic hydroxyl groups excluding tert-OH is 1. The van der Waals surface area contributed by atoms with Crippen LogP contribution in [0.2, 0.25) is 0 Å². The topological polar surface area (TPSA) is 61.4 Å². The lowest BCUT2D eigenvalue weighted by atomic mass is 10.2. The van der Waals surface area contributed by atoms with Gasteiger partial charge in [0.1, 0.15) is 0 Å². The summed E-state index contributed by atoms with van der Waals surface area (Å²) in [6.45, 7) is 1.01. The molecule has 3 N–H and O–H groups in total. The second-order valence-electron chi connectivity index (χ2n) is 4.19. The van der Waals surface area contributed by atoms with Gasteiger partial charge in [0.2, 0.25) is 5.91 Å². The van der Waals surface area contributed by atoms with Crippen molar-refractivity contribution in [3.05, 3.63) is 34.3 Å². The predicted octanol–water partition coefficient (Wildman–Crippen LogP) is 0.788.